The molecule has 5 heteroatoms. The number of rotatable bonds is 3. The number of alkyl halides is 1. The Balaban J connectivity index is 1.81. The van der Waals surface area contributed by atoms with E-state index in [4.69, 9.17) is 11.6 Å². The maximum atomic E-state index is 12.8. The van der Waals surface area contributed by atoms with Gasteiger partial charge in [0.15, 0.2) is 0 Å². The summed E-state index contributed by atoms with van der Waals surface area (Å²) >= 11 is 5.82. The number of fused-ring (bicyclic) bond motifs is 1. The Hall–Kier alpha value is -0.580. The molecule has 0 bridgehead atoms. The average Bonchev–Trinajstić information content (AvgIpc) is 2.54. The summed E-state index contributed by atoms with van der Waals surface area (Å²) in [4.78, 5) is 0.384. The predicted octanol–water partition coefficient (Wildman–Crippen LogP) is 3.63. The highest BCUT2D eigenvalue weighted by Gasteiger charge is 2.36. The molecule has 1 saturated carbocycles. The molecule has 0 N–H and O–H groups in total. The second kappa shape index (κ2) is 6.27. The number of benzene rings is 1. The van der Waals surface area contributed by atoms with Gasteiger partial charge < -0.3 is 0 Å². The largest absolute Gasteiger partial charge is 0.243 e. The number of hydrogen-bond donors (Lipinski definition) is 0. The zero-order valence-corrected chi connectivity index (χ0v) is 13.7. The normalized spacial score (nSPS) is 27.3. The van der Waals surface area contributed by atoms with E-state index in [2.05, 4.69) is 0 Å². The molecule has 3 nitrogen and oxygen atoms in total. The fraction of sp³-hybridized carbons (Fsp3) is 0.625. The molecule has 1 aromatic rings. The number of nitrogens with zero attached hydrogens (tertiary/aromatic N) is 1. The molecule has 1 heterocycles. The summed E-state index contributed by atoms with van der Waals surface area (Å²) in [5.41, 5.74) is 0.852. The molecule has 0 spiro atoms. The number of piperidine rings is 1. The molecule has 1 aromatic carbocycles. The van der Waals surface area contributed by atoms with Gasteiger partial charge in [-0.15, -0.1) is 11.6 Å². The topological polar surface area (TPSA) is 37.4 Å². The van der Waals surface area contributed by atoms with E-state index >= 15 is 0 Å². The van der Waals surface area contributed by atoms with Crippen LogP contribution in [0.4, 0.5) is 0 Å². The number of hydrogen-bond acceptors (Lipinski definition) is 2. The molecule has 21 heavy (non-hydrogen) atoms. The van der Waals surface area contributed by atoms with E-state index in [0.29, 0.717) is 29.8 Å². The third-order valence-corrected chi connectivity index (χ3v) is 7.11. The van der Waals surface area contributed by atoms with E-state index in [1.54, 1.807) is 22.5 Å². The van der Waals surface area contributed by atoms with Gasteiger partial charge in [0.05, 0.1) is 4.90 Å². The molecule has 0 amide bonds. The van der Waals surface area contributed by atoms with Crippen molar-refractivity contribution in [1.82, 2.24) is 4.31 Å². The summed E-state index contributed by atoms with van der Waals surface area (Å²) in [5, 5.41) is 0. The summed E-state index contributed by atoms with van der Waals surface area (Å²) < 4.78 is 27.3. The lowest BCUT2D eigenvalue weighted by molar-refractivity contribution is 0.136. The van der Waals surface area contributed by atoms with E-state index in [0.717, 1.165) is 17.9 Å². The molecule has 1 saturated heterocycles. The van der Waals surface area contributed by atoms with Gasteiger partial charge in [-0.25, -0.2) is 8.42 Å². The van der Waals surface area contributed by atoms with Crippen LogP contribution in [0.3, 0.4) is 0 Å². The first kappa shape index (κ1) is 15.3. The standard InChI is InChI=1S/C16H22ClNO2S/c17-11-13-4-3-7-16(10-13)21(19,20)18-9-8-14-5-1-2-6-15(14)12-18/h3-4,7,10,14-15H,1-2,5-6,8-9,11-12H2. The first-order valence-electron chi connectivity index (χ1n) is 7.76. The van der Waals surface area contributed by atoms with Gasteiger partial charge in [-0.2, -0.15) is 4.31 Å². The Morgan fingerprint density at radius 3 is 2.67 bits per heavy atom. The van der Waals surface area contributed by atoms with Gasteiger partial charge in [-0.05, 0) is 42.4 Å². The van der Waals surface area contributed by atoms with Gasteiger partial charge in [-0.3, -0.25) is 0 Å². The van der Waals surface area contributed by atoms with Crippen molar-refractivity contribution in [2.75, 3.05) is 13.1 Å². The van der Waals surface area contributed by atoms with Crippen molar-refractivity contribution in [2.24, 2.45) is 11.8 Å². The molecule has 2 aliphatic rings. The van der Waals surface area contributed by atoms with Crippen LogP contribution in [0.1, 0.15) is 37.7 Å². The quantitative estimate of drug-likeness (QED) is 0.795. The van der Waals surface area contributed by atoms with Crippen molar-refractivity contribution in [3.05, 3.63) is 29.8 Å². The highest BCUT2D eigenvalue weighted by atomic mass is 35.5. The van der Waals surface area contributed by atoms with Crippen molar-refractivity contribution < 1.29 is 8.42 Å². The third kappa shape index (κ3) is 3.13. The smallest absolute Gasteiger partial charge is 0.207 e. The van der Waals surface area contributed by atoms with Gasteiger partial charge in [-0.1, -0.05) is 31.4 Å². The molecule has 2 atom stereocenters. The Kier molecular flexibility index (Phi) is 4.57. The minimum atomic E-state index is -3.37. The van der Waals surface area contributed by atoms with Gasteiger partial charge in [0, 0.05) is 19.0 Å². The van der Waals surface area contributed by atoms with Crippen molar-refractivity contribution in [1.29, 1.82) is 0 Å². The minimum Gasteiger partial charge on any atom is -0.207 e. The van der Waals surface area contributed by atoms with E-state index in [1.165, 1.54) is 25.7 Å². The number of sulfonamides is 1. The molecule has 3 rings (SSSR count). The summed E-state index contributed by atoms with van der Waals surface area (Å²) in [7, 11) is -3.37. The lowest BCUT2D eigenvalue weighted by Gasteiger charge is -2.40. The Labute approximate surface area is 132 Å². The molecule has 2 fully saturated rings. The van der Waals surface area contributed by atoms with Crippen LogP contribution in [0.15, 0.2) is 29.2 Å². The number of halogens is 1. The SMILES string of the molecule is O=S(=O)(c1cccc(CCl)c1)N1CCC2CCCCC2C1. The van der Waals surface area contributed by atoms with Gasteiger partial charge in [0.2, 0.25) is 10.0 Å². The molecule has 0 aromatic heterocycles. The summed E-state index contributed by atoms with van der Waals surface area (Å²) in [6.45, 7) is 1.35. The van der Waals surface area contributed by atoms with Crippen molar-refractivity contribution in [2.45, 2.75) is 42.9 Å². The maximum absolute atomic E-state index is 12.8. The van der Waals surface area contributed by atoms with Crippen LogP contribution in [0, 0.1) is 11.8 Å². The molecule has 1 aliphatic carbocycles. The van der Waals surface area contributed by atoms with Crippen LogP contribution in [0.25, 0.3) is 0 Å². The summed E-state index contributed by atoms with van der Waals surface area (Å²) in [6, 6.07) is 7.02. The zero-order valence-electron chi connectivity index (χ0n) is 12.2. The molecule has 2 unspecified atom stereocenters. The van der Waals surface area contributed by atoms with E-state index in [1.807, 2.05) is 6.07 Å². The fourth-order valence-electron chi connectivity index (χ4n) is 3.72. The summed E-state index contributed by atoms with van der Waals surface area (Å²) in [5.74, 6) is 1.63. The van der Waals surface area contributed by atoms with Crippen LogP contribution in [0.5, 0.6) is 0 Å². The van der Waals surface area contributed by atoms with Crippen LogP contribution in [-0.4, -0.2) is 25.8 Å². The van der Waals surface area contributed by atoms with Crippen LogP contribution in [0.2, 0.25) is 0 Å². The third-order valence-electron chi connectivity index (χ3n) is 4.94. The monoisotopic (exact) mass is 327 g/mol. The van der Waals surface area contributed by atoms with Crippen LogP contribution < -0.4 is 0 Å². The highest BCUT2D eigenvalue weighted by molar-refractivity contribution is 7.89. The Bertz CT molecular complexity index is 602. The second-order valence-corrected chi connectivity index (χ2v) is 8.44. The molecular formula is C16H22ClNO2S. The minimum absolute atomic E-state index is 0.341. The molecule has 0 radical (unpaired) electrons. The van der Waals surface area contributed by atoms with Gasteiger partial charge in [0.1, 0.15) is 0 Å². The van der Waals surface area contributed by atoms with Gasteiger partial charge in [0.25, 0.3) is 0 Å². The van der Waals surface area contributed by atoms with Crippen LogP contribution >= 0.6 is 11.6 Å². The zero-order chi connectivity index (χ0) is 14.9. The second-order valence-electron chi connectivity index (χ2n) is 6.24. The van der Waals surface area contributed by atoms with Crippen molar-refractivity contribution in [3.8, 4) is 0 Å². The summed E-state index contributed by atoms with van der Waals surface area (Å²) in [6.07, 6.45) is 6.03. The van der Waals surface area contributed by atoms with Gasteiger partial charge >= 0.3 is 0 Å². The highest BCUT2D eigenvalue weighted by Crippen LogP contribution is 2.37. The molecule has 1 aliphatic heterocycles. The Morgan fingerprint density at radius 1 is 1.14 bits per heavy atom. The van der Waals surface area contributed by atoms with E-state index < -0.39 is 10.0 Å². The van der Waals surface area contributed by atoms with Crippen molar-refractivity contribution in [3.63, 3.8) is 0 Å². The Morgan fingerprint density at radius 2 is 1.90 bits per heavy atom. The maximum Gasteiger partial charge on any atom is 0.243 e. The predicted molar refractivity (Wildman–Crippen MR) is 84.8 cm³/mol. The average molecular weight is 328 g/mol. The molecule has 116 valence electrons. The first-order chi connectivity index (χ1) is 10.1. The molecular weight excluding hydrogens is 306 g/mol. The lowest BCUT2D eigenvalue weighted by atomic mass is 9.76. The van der Waals surface area contributed by atoms with E-state index in [-0.39, 0.29) is 0 Å². The fourth-order valence-corrected chi connectivity index (χ4v) is 5.47. The first-order valence-corrected chi connectivity index (χ1v) is 9.74. The van der Waals surface area contributed by atoms with E-state index in [9.17, 15) is 8.42 Å². The lowest BCUT2D eigenvalue weighted by Crippen LogP contribution is -2.44. The van der Waals surface area contributed by atoms with Crippen LogP contribution in [-0.2, 0) is 15.9 Å². The van der Waals surface area contributed by atoms with Crippen molar-refractivity contribution >= 4 is 21.6 Å².